The average molecular weight is 381 g/mol. The van der Waals surface area contributed by atoms with Crippen LogP contribution in [0.1, 0.15) is 36.7 Å². The number of hydrogen-bond acceptors (Lipinski definition) is 4. The first kappa shape index (κ1) is 21.3. The van der Waals surface area contributed by atoms with Gasteiger partial charge < -0.3 is 19.5 Å². The van der Waals surface area contributed by atoms with Gasteiger partial charge in [-0.1, -0.05) is 24.0 Å². The molecular weight excluding hydrogens is 354 g/mol. The minimum absolute atomic E-state index is 0.0938. The molecule has 0 aliphatic carbocycles. The highest BCUT2D eigenvalue weighted by molar-refractivity contribution is 5.94. The van der Waals surface area contributed by atoms with Gasteiger partial charge in [0.25, 0.3) is 5.91 Å². The van der Waals surface area contributed by atoms with Gasteiger partial charge in [0.2, 0.25) is 0 Å². The second-order valence-corrected chi connectivity index (χ2v) is 6.84. The van der Waals surface area contributed by atoms with Crippen LogP contribution >= 0.6 is 0 Å². The third-order valence-corrected chi connectivity index (χ3v) is 3.82. The zero-order valence-corrected chi connectivity index (χ0v) is 16.9. The highest BCUT2D eigenvalue weighted by Gasteiger charge is 2.12. The predicted octanol–water partition coefficient (Wildman–Crippen LogP) is 3.36. The molecule has 28 heavy (non-hydrogen) atoms. The summed E-state index contributed by atoms with van der Waals surface area (Å²) in [6.07, 6.45) is 0. The number of rotatable bonds is 7. The van der Waals surface area contributed by atoms with Crippen molar-refractivity contribution in [3.05, 3.63) is 59.7 Å². The van der Waals surface area contributed by atoms with Crippen LogP contribution in [0.3, 0.4) is 0 Å². The molecule has 0 saturated heterocycles. The molecule has 0 radical (unpaired) electrons. The minimum Gasteiger partial charge on any atom is -0.490 e. The van der Waals surface area contributed by atoms with Crippen molar-refractivity contribution in [3.63, 3.8) is 0 Å². The lowest BCUT2D eigenvalue weighted by molar-refractivity contribution is 0.0773. The molecule has 148 valence electrons. The van der Waals surface area contributed by atoms with Crippen LogP contribution in [0.25, 0.3) is 0 Å². The summed E-state index contributed by atoms with van der Waals surface area (Å²) < 4.78 is 11.3. The second-order valence-electron chi connectivity index (χ2n) is 6.84. The number of aliphatic hydroxyl groups is 1. The second kappa shape index (κ2) is 9.82. The topological polar surface area (TPSA) is 59.0 Å². The van der Waals surface area contributed by atoms with E-state index in [0.717, 1.165) is 5.56 Å². The van der Waals surface area contributed by atoms with Crippen molar-refractivity contribution in [3.8, 4) is 23.3 Å². The van der Waals surface area contributed by atoms with E-state index in [4.69, 9.17) is 9.47 Å². The van der Waals surface area contributed by atoms with Crippen molar-refractivity contribution < 1.29 is 19.4 Å². The molecule has 2 aromatic carbocycles. The Balaban J connectivity index is 1.91. The molecule has 0 saturated carbocycles. The molecular formula is C23H27NO4. The summed E-state index contributed by atoms with van der Waals surface area (Å²) >= 11 is 0. The average Bonchev–Trinajstić information content (AvgIpc) is 2.67. The first-order valence-electron chi connectivity index (χ1n) is 9.26. The molecule has 0 unspecified atom stereocenters. The van der Waals surface area contributed by atoms with Gasteiger partial charge >= 0.3 is 0 Å². The molecule has 5 nitrogen and oxygen atoms in total. The predicted molar refractivity (Wildman–Crippen MR) is 110 cm³/mol. The molecule has 2 aromatic rings. The van der Waals surface area contributed by atoms with Crippen LogP contribution in [0.15, 0.2) is 48.5 Å². The normalized spacial score (nSPS) is 10.6. The van der Waals surface area contributed by atoms with Gasteiger partial charge in [0.05, 0.1) is 13.2 Å². The summed E-state index contributed by atoms with van der Waals surface area (Å²) in [6.45, 7) is 6.55. The quantitative estimate of drug-likeness (QED) is 0.747. The van der Waals surface area contributed by atoms with E-state index in [1.807, 2.05) is 31.2 Å². The lowest BCUT2D eigenvalue weighted by Gasteiger charge is -2.18. The number of ether oxygens (including phenoxy) is 2. The molecule has 0 spiro atoms. The Labute approximate surface area is 166 Å². The van der Waals surface area contributed by atoms with Crippen molar-refractivity contribution >= 4 is 5.91 Å². The van der Waals surface area contributed by atoms with Gasteiger partial charge in [-0.15, -0.1) is 0 Å². The molecule has 0 fully saturated rings. The lowest BCUT2D eigenvalue weighted by Crippen LogP contribution is -2.30. The Hall–Kier alpha value is -2.97. The Morgan fingerprint density at radius 2 is 1.68 bits per heavy atom. The monoisotopic (exact) mass is 381 g/mol. The van der Waals surface area contributed by atoms with Gasteiger partial charge in [-0.25, -0.2) is 0 Å². The molecule has 0 atom stereocenters. The van der Waals surface area contributed by atoms with E-state index in [-0.39, 0.29) is 5.91 Å². The number of benzene rings is 2. The van der Waals surface area contributed by atoms with Crippen LogP contribution in [0.2, 0.25) is 0 Å². The van der Waals surface area contributed by atoms with Gasteiger partial charge in [0.1, 0.15) is 12.2 Å². The number of nitrogens with zero attached hydrogens (tertiary/aromatic N) is 1. The van der Waals surface area contributed by atoms with Crippen LogP contribution < -0.4 is 9.47 Å². The fourth-order valence-corrected chi connectivity index (χ4v) is 2.38. The van der Waals surface area contributed by atoms with Crippen molar-refractivity contribution in [2.75, 3.05) is 26.8 Å². The number of carbonyl (C=O) groups is 1. The van der Waals surface area contributed by atoms with Gasteiger partial charge in [-0.2, -0.15) is 0 Å². The molecule has 5 heteroatoms. The first-order valence-corrected chi connectivity index (χ1v) is 9.26. The highest BCUT2D eigenvalue weighted by atomic mass is 16.5. The molecule has 1 N–H and O–H groups in total. The first-order chi connectivity index (χ1) is 13.3. The molecule has 2 rings (SSSR count). The Bertz CT molecular complexity index is 841. The van der Waals surface area contributed by atoms with Crippen molar-refractivity contribution in [1.29, 1.82) is 0 Å². The third kappa shape index (κ3) is 6.64. The number of hydrogen-bond donors (Lipinski definition) is 1. The van der Waals surface area contributed by atoms with E-state index in [0.29, 0.717) is 36.8 Å². The van der Waals surface area contributed by atoms with Crippen LogP contribution in [-0.4, -0.2) is 48.3 Å². The van der Waals surface area contributed by atoms with E-state index >= 15 is 0 Å². The van der Waals surface area contributed by atoms with Crippen LogP contribution in [0, 0.1) is 11.8 Å². The smallest absolute Gasteiger partial charge is 0.253 e. The Morgan fingerprint density at radius 3 is 2.25 bits per heavy atom. The number of amides is 1. The maximum Gasteiger partial charge on any atom is 0.253 e. The van der Waals surface area contributed by atoms with E-state index in [1.165, 1.54) is 0 Å². The van der Waals surface area contributed by atoms with E-state index in [1.54, 1.807) is 50.1 Å². The SMILES string of the molecule is CCOc1ccccc1OCCN(C)C(=O)c1ccc(C#CC(C)(C)O)cc1. The van der Waals surface area contributed by atoms with Gasteiger partial charge in [-0.05, 0) is 57.2 Å². The summed E-state index contributed by atoms with van der Waals surface area (Å²) in [5.41, 5.74) is 0.276. The summed E-state index contributed by atoms with van der Waals surface area (Å²) in [6, 6.07) is 14.5. The lowest BCUT2D eigenvalue weighted by atomic mass is 10.1. The summed E-state index contributed by atoms with van der Waals surface area (Å²) in [5, 5.41) is 9.65. The van der Waals surface area contributed by atoms with E-state index in [9.17, 15) is 9.90 Å². The third-order valence-electron chi connectivity index (χ3n) is 3.82. The maximum absolute atomic E-state index is 12.6. The summed E-state index contributed by atoms with van der Waals surface area (Å²) in [7, 11) is 1.74. The standard InChI is InChI=1S/C23H27NO4/c1-5-27-20-8-6-7-9-21(20)28-17-16-24(4)22(25)19-12-10-18(11-13-19)14-15-23(2,3)26/h6-13,26H,5,16-17H2,1-4H3. The van der Waals surface area contributed by atoms with Crippen molar-refractivity contribution in [2.45, 2.75) is 26.4 Å². The molecule has 0 bridgehead atoms. The van der Waals surface area contributed by atoms with Gasteiger partial charge in [-0.3, -0.25) is 4.79 Å². The zero-order valence-electron chi connectivity index (χ0n) is 16.9. The highest BCUT2D eigenvalue weighted by Crippen LogP contribution is 2.26. The number of likely N-dealkylation sites (N-methyl/N-ethyl adjacent to an activating group) is 1. The van der Waals surface area contributed by atoms with Gasteiger partial charge in [0, 0.05) is 18.2 Å². The van der Waals surface area contributed by atoms with E-state index in [2.05, 4.69) is 11.8 Å². The van der Waals surface area contributed by atoms with Crippen molar-refractivity contribution in [1.82, 2.24) is 4.90 Å². The molecule has 0 aromatic heterocycles. The summed E-state index contributed by atoms with van der Waals surface area (Å²) in [4.78, 5) is 14.2. The van der Waals surface area contributed by atoms with Crippen LogP contribution in [-0.2, 0) is 0 Å². The van der Waals surface area contributed by atoms with Crippen LogP contribution in [0.4, 0.5) is 0 Å². The fourth-order valence-electron chi connectivity index (χ4n) is 2.38. The zero-order chi connectivity index (χ0) is 20.6. The molecule has 0 heterocycles. The summed E-state index contributed by atoms with van der Waals surface area (Å²) in [5.74, 6) is 6.91. The van der Waals surface area contributed by atoms with Gasteiger partial charge in [0.15, 0.2) is 11.5 Å². The number of carbonyl (C=O) groups excluding carboxylic acids is 1. The Morgan fingerprint density at radius 1 is 1.07 bits per heavy atom. The minimum atomic E-state index is -1.05. The van der Waals surface area contributed by atoms with E-state index < -0.39 is 5.60 Å². The molecule has 1 amide bonds. The van der Waals surface area contributed by atoms with Crippen molar-refractivity contribution in [2.24, 2.45) is 0 Å². The fraction of sp³-hybridized carbons (Fsp3) is 0.348. The molecule has 0 aliphatic rings. The molecule has 0 aliphatic heterocycles. The largest absolute Gasteiger partial charge is 0.490 e. The van der Waals surface area contributed by atoms with Crippen LogP contribution in [0.5, 0.6) is 11.5 Å². The number of para-hydroxylation sites is 2. The Kier molecular flexibility index (Phi) is 7.48. The maximum atomic E-state index is 12.6.